The van der Waals surface area contributed by atoms with E-state index < -0.39 is 43.0 Å². The number of alkyl halides is 1. The lowest BCUT2D eigenvalue weighted by Crippen LogP contribution is -2.61. The summed E-state index contributed by atoms with van der Waals surface area (Å²) in [6.07, 6.45) is -4.88. The highest BCUT2D eigenvalue weighted by Crippen LogP contribution is 2.26. The number of hydrogen-bond acceptors (Lipinski definition) is 6. The van der Waals surface area contributed by atoms with E-state index in [1.165, 1.54) is 7.11 Å². The molecule has 0 aromatic heterocycles. The fraction of sp³-hybridized carbons (Fsp3) is 0.917. The number of ether oxygens (including phenoxy) is 1. The molecule has 1 aliphatic rings. The zero-order valence-corrected chi connectivity index (χ0v) is 11.7. The molecule has 0 aliphatic heterocycles. The smallest absolute Gasteiger partial charge is 0.252 e. The van der Waals surface area contributed by atoms with Gasteiger partial charge in [-0.3, -0.25) is 4.79 Å². The van der Waals surface area contributed by atoms with Crippen LogP contribution in [-0.4, -0.2) is 66.3 Å². The molecule has 1 aliphatic carbocycles. The summed E-state index contributed by atoms with van der Waals surface area (Å²) < 4.78 is 18.4. The van der Waals surface area contributed by atoms with Gasteiger partial charge in [0.15, 0.2) is 6.10 Å². The molecule has 0 saturated heterocycles. The predicted molar refractivity (Wildman–Crippen MR) is 70.4 cm³/mol. The van der Waals surface area contributed by atoms with Crippen LogP contribution in [0.15, 0.2) is 0 Å². The Morgan fingerprint density at radius 3 is 2.70 bits per heavy atom. The van der Waals surface area contributed by atoms with E-state index in [9.17, 15) is 19.4 Å². The van der Waals surface area contributed by atoms with Crippen LogP contribution < -0.4 is 16.8 Å². The molecule has 0 aromatic carbocycles. The van der Waals surface area contributed by atoms with E-state index >= 15 is 0 Å². The minimum Gasteiger partial charge on any atom is -0.388 e. The van der Waals surface area contributed by atoms with Crippen molar-refractivity contribution in [2.75, 3.05) is 13.7 Å². The molecule has 1 fully saturated rings. The minimum absolute atomic E-state index is 0.0777. The number of nitrogens with two attached hydrogens (primary N) is 2. The maximum atomic E-state index is 13.2. The molecule has 0 radical (unpaired) electrons. The van der Waals surface area contributed by atoms with Crippen LogP contribution in [0.2, 0.25) is 0 Å². The van der Waals surface area contributed by atoms with E-state index in [0.717, 1.165) is 0 Å². The lowest BCUT2D eigenvalue weighted by Gasteiger charge is -2.42. The Kier molecular flexibility index (Phi) is 6.28. The molecule has 7 atom stereocenters. The van der Waals surface area contributed by atoms with Gasteiger partial charge in [-0.25, -0.2) is 4.39 Å². The summed E-state index contributed by atoms with van der Waals surface area (Å²) in [5, 5.41) is 22.0. The number of halogens is 1. The Morgan fingerprint density at radius 2 is 2.20 bits per heavy atom. The number of rotatable bonds is 5. The zero-order valence-electron chi connectivity index (χ0n) is 11.7. The third-order valence-electron chi connectivity index (χ3n) is 3.90. The summed E-state index contributed by atoms with van der Waals surface area (Å²) in [5.74, 6) is -0.991. The second-order valence-electron chi connectivity index (χ2n) is 5.26. The number of hydrogen-bond donors (Lipinski definition) is 5. The molecule has 0 aromatic rings. The van der Waals surface area contributed by atoms with Gasteiger partial charge in [0.1, 0.15) is 12.3 Å². The largest absolute Gasteiger partial charge is 0.388 e. The third-order valence-corrected chi connectivity index (χ3v) is 3.90. The lowest BCUT2D eigenvalue weighted by atomic mass is 9.79. The third kappa shape index (κ3) is 3.64. The topological polar surface area (TPSA) is 131 Å². The average molecular weight is 293 g/mol. The van der Waals surface area contributed by atoms with Gasteiger partial charge in [0.05, 0.1) is 12.1 Å². The number of aliphatic hydroxyl groups is 2. The lowest BCUT2D eigenvalue weighted by molar-refractivity contribution is -0.137. The highest BCUT2D eigenvalue weighted by Gasteiger charge is 2.42. The van der Waals surface area contributed by atoms with Crippen LogP contribution in [0.4, 0.5) is 4.39 Å². The van der Waals surface area contributed by atoms with Crippen molar-refractivity contribution < 1.29 is 24.1 Å². The normalized spacial score (nSPS) is 37.2. The van der Waals surface area contributed by atoms with Crippen molar-refractivity contribution in [2.24, 2.45) is 17.4 Å². The number of amides is 1. The number of carbonyl (C=O) groups excluding carboxylic acids is 1. The summed E-state index contributed by atoms with van der Waals surface area (Å²) in [5.41, 5.74) is 11.0. The van der Waals surface area contributed by atoms with E-state index in [2.05, 4.69) is 5.32 Å². The van der Waals surface area contributed by atoms with Crippen molar-refractivity contribution in [3.05, 3.63) is 0 Å². The molecule has 0 bridgehead atoms. The molecule has 1 amide bonds. The van der Waals surface area contributed by atoms with Crippen molar-refractivity contribution in [3.63, 3.8) is 0 Å². The van der Waals surface area contributed by atoms with Crippen molar-refractivity contribution in [1.82, 2.24) is 5.32 Å². The van der Waals surface area contributed by atoms with E-state index in [-0.39, 0.29) is 12.0 Å². The van der Waals surface area contributed by atoms with Crippen LogP contribution in [-0.2, 0) is 9.53 Å². The van der Waals surface area contributed by atoms with E-state index in [1.807, 2.05) is 6.92 Å². The maximum absolute atomic E-state index is 13.2. The molecule has 7 N–H and O–H groups in total. The quantitative estimate of drug-likeness (QED) is 0.393. The second kappa shape index (κ2) is 7.28. The molecule has 1 rings (SSSR count). The Morgan fingerprint density at radius 1 is 1.60 bits per heavy atom. The monoisotopic (exact) mass is 293 g/mol. The van der Waals surface area contributed by atoms with Crippen LogP contribution >= 0.6 is 0 Å². The number of nitrogens with one attached hydrogen (secondary N) is 1. The van der Waals surface area contributed by atoms with Gasteiger partial charge in [0.25, 0.3) is 5.91 Å². The van der Waals surface area contributed by atoms with Crippen LogP contribution in [0, 0.1) is 5.92 Å². The number of aliphatic hydroxyl groups excluding tert-OH is 2. The standard InChI is InChI=1S/C12H24FN3O4/c1-5-7(15)3-8(10(18)11(5)20-2)16-12(19)9(17)6(13)4-14/h5-11,17-18H,3-4,14-15H2,1-2H3,(H,16,19)/t5-,6?,7+,8-,9?,10+,11+/m1/s1. The maximum Gasteiger partial charge on any atom is 0.252 e. The van der Waals surface area contributed by atoms with Crippen LogP contribution in [0.5, 0.6) is 0 Å². The van der Waals surface area contributed by atoms with Gasteiger partial charge in [-0.15, -0.1) is 0 Å². The van der Waals surface area contributed by atoms with Crippen molar-refractivity contribution in [2.45, 2.75) is 49.9 Å². The summed E-state index contributed by atoms with van der Waals surface area (Å²) in [6.45, 7) is 1.39. The van der Waals surface area contributed by atoms with Crippen molar-refractivity contribution in [3.8, 4) is 0 Å². The average Bonchev–Trinajstić information content (AvgIpc) is 2.43. The highest BCUT2D eigenvalue weighted by atomic mass is 19.1. The summed E-state index contributed by atoms with van der Waals surface area (Å²) in [4.78, 5) is 11.7. The van der Waals surface area contributed by atoms with Gasteiger partial charge < -0.3 is 31.7 Å². The molecule has 0 spiro atoms. The van der Waals surface area contributed by atoms with Gasteiger partial charge in [0.2, 0.25) is 0 Å². The van der Waals surface area contributed by atoms with Gasteiger partial charge in [-0.1, -0.05) is 6.92 Å². The Labute approximate surface area is 117 Å². The van der Waals surface area contributed by atoms with Gasteiger partial charge in [-0.05, 0) is 6.42 Å². The van der Waals surface area contributed by atoms with Gasteiger partial charge in [-0.2, -0.15) is 0 Å². The molecule has 8 heteroatoms. The molecule has 118 valence electrons. The highest BCUT2D eigenvalue weighted by molar-refractivity contribution is 5.81. The van der Waals surface area contributed by atoms with Crippen molar-refractivity contribution >= 4 is 5.91 Å². The second-order valence-corrected chi connectivity index (χ2v) is 5.26. The first kappa shape index (κ1) is 17.3. The molecule has 0 heterocycles. The summed E-state index contributed by atoms with van der Waals surface area (Å²) >= 11 is 0. The Balaban J connectivity index is 2.69. The Bertz CT molecular complexity index is 334. The SMILES string of the molecule is CO[C@H]1[C@H](C)[C@@H](N)C[C@@H](NC(=O)C(O)C(F)CN)[C@@H]1O. The predicted octanol–water partition coefficient (Wildman–Crippen LogP) is -2.13. The Hall–Kier alpha value is -0.800. The van der Waals surface area contributed by atoms with Gasteiger partial charge >= 0.3 is 0 Å². The fourth-order valence-corrected chi connectivity index (χ4v) is 2.49. The van der Waals surface area contributed by atoms with Crippen LogP contribution in [0.25, 0.3) is 0 Å². The molecular formula is C12H24FN3O4. The molecule has 20 heavy (non-hydrogen) atoms. The zero-order chi connectivity index (χ0) is 15.4. The first-order valence-corrected chi connectivity index (χ1v) is 6.62. The van der Waals surface area contributed by atoms with Crippen molar-refractivity contribution in [1.29, 1.82) is 0 Å². The number of methoxy groups -OCH3 is 1. The molecule has 7 nitrogen and oxygen atoms in total. The fourth-order valence-electron chi connectivity index (χ4n) is 2.49. The first-order chi connectivity index (χ1) is 9.33. The molecular weight excluding hydrogens is 269 g/mol. The molecule has 1 saturated carbocycles. The summed E-state index contributed by atoms with van der Waals surface area (Å²) in [6, 6.07) is -0.972. The van der Waals surface area contributed by atoms with Crippen LogP contribution in [0.1, 0.15) is 13.3 Å². The minimum atomic E-state index is -1.86. The van der Waals surface area contributed by atoms with E-state index in [1.54, 1.807) is 0 Å². The van der Waals surface area contributed by atoms with Crippen LogP contribution in [0.3, 0.4) is 0 Å². The molecule has 2 unspecified atom stereocenters. The van der Waals surface area contributed by atoms with E-state index in [4.69, 9.17) is 16.2 Å². The van der Waals surface area contributed by atoms with E-state index in [0.29, 0.717) is 6.42 Å². The van der Waals surface area contributed by atoms with Gasteiger partial charge in [0, 0.05) is 25.6 Å². The number of carbonyl (C=O) groups is 1. The summed E-state index contributed by atoms with van der Waals surface area (Å²) in [7, 11) is 1.45. The first-order valence-electron chi connectivity index (χ1n) is 6.62.